The van der Waals surface area contributed by atoms with Gasteiger partial charge in [0, 0.05) is 11.7 Å². The molecule has 0 spiro atoms. The number of nitrogens with one attached hydrogen (secondary N) is 1. The lowest BCUT2D eigenvalue weighted by Crippen LogP contribution is -2.59. The molecule has 3 nitrogen and oxygen atoms in total. The van der Waals surface area contributed by atoms with Crippen LogP contribution in [0.25, 0.3) is 0 Å². The molecule has 1 heterocycles. The lowest BCUT2D eigenvalue weighted by molar-refractivity contribution is -0.125. The van der Waals surface area contributed by atoms with Crippen LogP contribution in [0.15, 0.2) is 0 Å². The molecule has 2 rings (SSSR count). The topological polar surface area (TPSA) is 55.1 Å². The molecule has 0 aromatic rings. The second-order valence-corrected chi connectivity index (χ2v) is 7.27. The van der Waals surface area contributed by atoms with E-state index in [-0.39, 0.29) is 11.8 Å². The van der Waals surface area contributed by atoms with Crippen molar-refractivity contribution in [3.05, 3.63) is 0 Å². The van der Waals surface area contributed by atoms with Crippen LogP contribution in [0.5, 0.6) is 0 Å². The molecule has 0 bridgehead atoms. The van der Waals surface area contributed by atoms with E-state index >= 15 is 0 Å². The first-order valence-electron chi connectivity index (χ1n) is 6.73. The van der Waals surface area contributed by atoms with E-state index in [1.807, 2.05) is 11.8 Å². The zero-order valence-electron chi connectivity index (χ0n) is 10.9. The molecule has 0 aromatic carbocycles. The molecule has 2 fully saturated rings. The molecule has 102 valence electrons. The number of hydrogen-bond donors (Lipinski definition) is 2. The smallest absolute Gasteiger partial charge is 0.224 e. The van der Waals surface area contributed by atoms with Gasteiger partial charge in [-0.25, -0.2) is 0 Å². The summed E-state index contributed by atoms with van der Waals surface area (Å²) >= 11 is 7.07. The molecule has 0 radical (unpaired) electrons. The van der Waals surface area contributed by atoms with Gasteiger partial charge >= 0.3 is 0 Å². The SMILES string of the molecule is CC1CCC(NC(=O)C2CCSC2)(C(N)=S)CC1. The Morgan fingerprint density at radius 1 is 1.39 bits per heavy atom. The minimum absolute atomic E-state index is 0.153. The molecule has 1 saturated carbocycles. The van der Waals surface area contributed by atoms with Gasteiger partial charge in [0.25, 0.3) is 0 Å². The fourth-order valence-corrected chi connectivity index (χ4v) is 4.24. The van der Waals surface area contributed by atoms with E-state index in [0.717, 1.165) is 43.6 Å². The highest BCUT2D eigenvalue weighted by molar-refractivity contribution is 7.99. The summed E-state index contributed by atoms with van der Waals surface area (Å²) in [4.78, 5) is 12.7. The Morgan fingerprint density at radius 2 is 2.06 bits per heavy atom. The molecule has 1 aliphatic carbocycles. The van der Waals surface area contributed by atoms with E-state index in [1.165, 1.54) is 0 Å². The highest BCUT2D eigenvalue weighted by atomic mass is 32.2. The highest BCUT2D eigenvalue weighted by Gasteiger charge is 2.39. The third kappa shape index (κ3) is 2.99. The Bertz CT molecular complexity index is 332. The predicted molar refractivity (Wildman–Crippen MR) is 80.7 cm³/mol. The number of carbonyl (C=O) groups is 1. The minimum atomic E-state index is -0.411. The predicted octanol–water partition coefficient (Wildman–Crippen LogP) is 2.09. The largest absolute Gasteiger partial charge is 0.391 e. The van der Waals surface area contributed by atoms with Crippen molar-refractivity contribution in [2.75, 3.05) is 11.5 Å². The number of amides is 1. The fraction of sp³-hybridized carbons (Fsp3) is 0.846. The average Bonchev–Trinajstić information content (AvgIpc) is 2.85. The molecule has 1 saturated heterocycles. The maximum atomic E-state index is 12.3. The molecule has 1 atom stereocenters. The summed E-state index contributed by atoms with van der Waals surface area (Å²) in [5.41, 5.74) is 5.50. The third-order valence-corrected chi connectivity index (χ3v) is 5.82. The molecule has 1 aliphatic heterocycles. The van der Waals surface area contributed by atoms with Crippen molar-refractivity contribution in [3.63, 3.8) is 0 Å². The zero-order valence-corrected chi connectivity index (χ0v) is 12.5. The van der Waals surface area contributed by atoms with Gasteiger partial charge in [-0.15, -0.1) is 0 Å². The van der Waals surface area contributed by atoms with E-state index in [0.29, 0.717) is 10.9 Å². The zero-order chi connectivity index (χ0) is 13.2. The van der Waals surface area contributed by atoms with Crippen molar-refractivity contribution in [3.8, 4) is 0 Å². The Kier molecular flexibility index (Phi) is 4.54. The molecule has 5 heteroatoms. The third-order valence-electron chi connectivity index (χ3n) is 4.26. The molecule has 1 amide bonds. The van der Waals surface area contributed by atoms with Crippen molar-refractivity contribution in [1.82, 2.24) is 5.32 Å². The first-order valence-corrected chi connectivity index (χ1v) is 8.29. The number of thioether (sulfide) groups is 1. The van der Waals surface area contributed by atoms with Crippen LogP contribution in [0.3, 0.4) is 0 Å². The summed E-state index contributed by atoms with van der Waals surface area (Å²) in [7, 11) is 0. The molecule has 1 unspecified atom stereocenters. The van der Waals surface area contributed by atoms with Crippen molar-refractivity contribution in [2.24, 2.45) is 17.6 Å². The Balaban J connectivity index is 2.01. The first kappa shape index (κ1) is 14.1. The van der Waals surface area contributed by atoms with E-state index in [9.17, 15) is 4.79 Å². The van der Waals surface area contributed by atoms with Gasteiger partial charge in [0.05, 0.1) is 10.5 Å². The quantitative estimate of drug-likeness (QED) is 0.780. The monoisotopic (exact) mass is 286 g/mol. The van der Waals surface area contributed by atoms with Gasteiger partial charge in [-0.05, 0) is 43.8 Å². The van der Waals surface area contributed by atoms with Crippen LogP contribution in [0, 0.1) is 11.8 Å². The fourth-order valence-electron chi connectivity index (χ4n) is 2.77. The standard InChI is InChI=1S/C13H22N2OS2/c1-9-2-5-13(6-3-9,12(14)17)15-11(16)10-4-7-18-8-10/h9-10H,2-8H2,1H3,(H2,14,17)(H,15,16). The normalized spacial score (nSPS) is 36.3. The number of carbonyl (C=O) groups excluding carboxylic acids is 1. The summed E-state index contributed by atoms with van der Waals surface area (Å²) in [6.45, 7) is 2.25. The number of thiocarbonyl (C=S) groups is 1. The van der Waals surface area contributed by atoms with Crippen LogP contribution in [0.2, 0.25) is 0 Å². The van der Waals surface area contributed by atoms with Crippen LogP contribution in [0.1, 0.15) is 39.0 Å². The summed E-state index contributed by atoms with van der Waals surface area (Å²) in [6.07, 6.45) is 4.97. The summed E-state index contributed by atoms with van der Waals surface area (Å²) in [6, 6.07) is 0. The molecule has 2 aliphatic rings. The Labute approximate surface area is 119 Å². The minimum Gasteiger partial charge on any atom is -0.391 e. The van der Waals surface area contributed by atoms with Crippen molar-refractivity contribution in [2.45, 2.75) is 44.6 Å². The molecular weight excluding hydrogens is 264 g/mol. The maximum absolute atomic E-state index is 12.3. The van der Waals surface area contributed by atoms with E-state index in [4.69, 9.17) is 18.0 Å². The second kappa shape index (κ2) is 5.78. The highest BCUT2D eigenvalue weighted by Crippen LogP contribution is 2.33. The molecule has 18 heavy (non-hydrogen) atoms. The summed E-state index contributed by atoms with van der Waals surface area (Å²) in [5.74, 6) is 3.06. The van der Waals surface area contributed by atoms with Gasteiger partial charge in [-0.2, -0.15) is 11.8 Å². The van der Waals surface area contributed by atoms with E-state index < -0.39 is 5.54 Å². The van der Waals surface area contributed by atoms with Crippen LogP contribution >= 0.6 is 24.0 Å². The van der Waals surface area contributed by atoms with Crippen molar-refractivity contribution < 1.29 is 4.79 Å². The van der Waals surface area contributed by atoms with Gasteiger partial charge in [0.1, 0.15) is 0 Å². The van der Waals surface area contributed by atoms with Gasteiger partial charge < -0.3 is 11.1 Å². The van der Waals surface area contributed by atoms with E-state index in [1.54, 1.807) is 0 Å². The Hall–Kier alpha value is -0.290. The Morgan fingerprint density at radius 3 is 2.56 bits per heavy atom. The first-order chi connectivity index (χ1) is 8.53. The number of nitrogens with two attached hydrogens (primary N) is 1. The van der Waals surface area contributed by atoms with Gasteiger partial charge in [-0.1, -0.05) is 19.1 Å². The van der Waals surface area contributed by atoms with Crippen LogP contribution in [-0.4, -0.2) is 27.9 Å². The van der Waals surface area contributed by atoms with Crippen molar-refractivity contribution in [1.29, 1.82) is 0 Å². The van der Waals surface area contributed by atoms with Gasteiger partial charge in [0.15, 0.2) is 0 Å². The van der Waals surface area contributed by atoms with Crippen LogP contribution in [0.4, 0.5) is 0 Å². The number of hydrogen-bond acceptors (Lipinski definition) is 3. The lowest BCUT2D eigenvalue weighted by atomic mass is 9.76. The lowest BCUT2D eigenvalue weighted by Gasteiger charge is -2.39. The van der Waals surface area contributed by atoms with E-state index in [2.05, 4.69) is 12.2 Å². The average molecular weight is 286 g/mol. The van der Waals surface area contributed by atoms with Crippen LogP contribution in [-0.2, 0) is 4.79 Å². The molecule has 0 aromatic heterocycles. The summed E-state index contributed by atoms with van der Waals surface area (Å²) < 4.78 is 0. The number of rotatable bonds is 3. The van der Waals surface area contributed by atoms with Crippen molar-refractivity contribution >= 4 is 34.9 Å². The summed E-state index contributed by atoms with van der Waals surface area (Å²) in [5, 5.41) is 3.18. The van der Waals surface area contributed by atoms with Crippen LogP contribution < -0.4 is 11.1 Å². The maximum Gasteiger partial charge on any atom is 0.224 e. The molecular formula is C13H22N2OS2. The van der Waals surface area contributed by atoms with Gasteiger partial charge in [0.2, 0.25) is 5.91 Å². The van der Waals surface area contributed by atoms with Gasteiger partial charge in [-0.3, -0.25) is 4.79 Å². The molecule has 3 N–H and O–H groups in total. The second-order valence-electron chi connectivity index (χ2n) is 5.68.